The molecule has 1 saturated heterocycles. The lowest BCUT2D eigenvalue weighted by Crippen LogP contribution is -2.35. The Bertz CT molecular complexity index is 338. The predicted molar refractivity (Wildman–Crippen MR) is 53.6 cm³/mol. The van der Waals surface area contributed by atoms with Crippen molar-refractivity contribution in [1.82, 2.24) is 0 Å². The topological polar surface area (TPSA) is 61.8 Å². The number of methoxy groups -OCH3 is 1. The van der Waals surface area contributed by atoms with Crippen LogP contribution in [0.1, 0.15) is 19.3 Å². The van der Waals surface area contributed by atoms with E-state index >= 15 is 0 Å². The van der Waals surface area contributed by atoms with Gasteiger partial charge in [0.05, 0.1) is 20.3 Å². The normalized spacial score (nSPS) is 23.6. The van der Waals surface area contributed by atoms with Gasteiger partial charge >= 0.3 is 5.97 Å². The van der Waals surface area contributed by atoms with Gasteiger partial charge in [-0.05, 0) is 6.42 Å². The summed E-state index contributed by atoms with van der Waals surface area (Å²) < 4.78 is 15.7. The zero-order chi connectivity index (χ0) is 11.6. The first-order valence-corrected chi connectivity index (χ1v) is 5.24. The van der Waals surface area contributed by atoms with E-state index in [-0.39, 0.29) is 0 Å². The van der Waals surface area contributed by atoms with E-state index in [1.807, 2.05) is 0 Å². The molecule has 1 aliphatic heterocycles. The molecule has 2 aliphatic rings. The number of esters is 1. The van der Waals surface area contributed by atoms with E-state index in [2.05, 4.69) is 4.74 Å². The van der Waals surface area contributed by atoms with E-state index in [0.717, 1.165) is 0 Å². The highest BCUT2D eigenvalue weighted by molar-refractivity contribution is 5.95. The monoisotopic (exact) mass is 226 g/mol. The van der Waals surface area contributed by atoms with Crippen molar-refractivity contribution in [3.8, 4) is 0 Å². The molecule has 16 heavy (non-hydrogen) atoms. The van der Waals surface area contributed by atoms with Gasteiger partial charge in [-0.2, -0.15) is 0 Å². The van der Waals surface area contributed by atoms with Crippen LogP contribution in [0.3, 0.4) is 0 Å². The van der Waals surface area contributed by atoms with E-state index in [4.69, 9.17) is 9.47 Å². The molecule has 0 aromatic carbocycles. The number of aldehydes is 1. The van der Waals surface area contributed by atoms with Crippen LogP contribution in [-0.4, -0.2) is 38.4 Å². The number of hydrogen-bond donors (Lipinski definition) is 0. The molecule has 0 unspecified atom stereocenters. The van der Waals surface area contributed by atoms with Crippen LogP contribution in [0.15, 0.2) is 11.1 Å². The van der Waals surface area contributed by atoms with Crippen LogP contribution >= 0.6 is 0 Å². The molecule has 1 spiro atoms. The van der Waals surface area contributed by atoms with Crippen LogP contribution in [0.4, 0.5) is 0 Å². The maximum Gasteiger partial charge on any atom is 0.334 e. The van der Waals surface area contributed by atoms with Crippen molar-refractivity contribution in [3.05, 3.63) is 11.1 Å². The summed E-state index contributed by atoms with van der Waals surface area (Å²) in [6.45, 7) is 1.08. The highest BCUT2D eigenvalue weighted by Gasteiger charge is 2.42. The summed E-state index contributed by atoms with van der Waals surface area (Å²) in [6.07, 6.45) is 2.08. The molecule has 5 nitrogen and oxygen atoms in total. The van der Waals surface area contributed by atoms with Crippen molar-refractivity contribution in [3.63, 3.8) is 0 Å². The molecule has 1 aliphatic carbocycles. The maximum absolute atomic E-state index is 11.4. The zero-order valence-electron chi connectivity index (χ0n) is 9.15. The summed E-state index contributed by atoms with van der Waals surface area (Å²) >= 11 is 0. The van der Waals surface area contributed by atoms with Gasteiger partial charge in [0.25, 0.3) is 0 Å². The SMILES string of the molecule is COC(=O)C1=C(C=O)CC2(CC1)OCCO2. The lowest BCUT2D eigenvalue weighted by molar-refractivity contribution is -0.165. The maximum atomic E-state index is 11.4. The second-order valence-corrected chi connectivity index (χ2v) is 3.90. The molecule has 0 saturated carbocycles. The van der Waals surface area contributed by atoms with Crippen LogP contribution in [0.25, 0.3) is 0 Å². The first kappa shape index (κ1) is 11.3. The van der Waals surface area contributed by atoms with Gasteiger partial charge in [-0.1, -0.05) is 0 Å². The average Bonchev–Trinajstić information content (AvgIpc) is 2.76. The molecule has 0 bridgehead atoms. The third-order valence-corrected chi connectivity index (χ3v) is 2.99. The van der Waals surface area contributed by atoms with Crippen molar-refractivity contribution < 1.29 is 23.8 Å². The van der Waals surface area contributed by atoms with Crippen LogP contribution in [-0.2, 0) is 23.8 Å². The summed E-state index contributed by atoms with van der Waals surface area (Å²) in [5.41, 5.74) is 0.877. The Balaban J connectivity index is 2.22. The number of ether oxygens (including phenoxy) is 3. The summed E-state index contributed by atoms with van der Waals surface area (Å²) in [5.74, 6) is -1.12. The van der Waals surface area contributed by atoms with E-state index in [0.29, 0.717) is 49.9 Å². The number of carbonyl (C=O) groups is 2. The molecule has 0 aromatic heterocycles. The molecule has 0 atom stereocenters. The van der Waals surface area contributed by atoms with E-state index in [1.165, 1.54) is 7.11 Å². The number of hydrogen-bond acceptors (Lipinski definition) is 5. The van der Waals surface area contributed by atoms with Crippen molar-refractivity contribution in [2.45, 2.75) is 25.0 Å². The summed E-state index contributed by atoms with van der Waals surface area (Å²) in [5, 5.41) is 0. The van der Waals surface area contributed by atoms with E-state index in [9.17, 15) is 9.59 Å². The predicted octanol–water partition coefficient (Wildman–Crippen LogP) is 0.582. The van der Waals surface area contributed by atoms with Crippen molar-refractivity contribution in [1.29, 1.82) is 0 Å². The van der Waals surface area contributed by atoms with Gasteiger partial charge in [-0.15, -0.1) is 0 Å². The van der Waals surface area contributed by atoms with Gasteiger partial charge in [0, 0.05) is 24.0 Å². The molecule has 2 rings (SSSR count). The molecule has 0 radical (unpaired) electrons. The first-order chi connectivity index (χ1) is 7.71. The molecule has 5 heteroatoms. The Kier molecular flexibility index (Phi) is 3.07. The highest BCUT2D eigenvalue weighted by Crippen LogP contribution is 2.38. The Labute approximate surface area is 93.4 Å². The lowest BCUT2D eigenvalue weighted by atomic mass is 9.88. The third-order valence-electron chi connectivity index (χ3n) is 2.99. The Morgan fingerprint density at radius 3 is 2.69 bits per heavy atom. The second-order valence-electron chi connectivity index (χ2n) is 3.90. The third kappa shape index (κ3) is 1.88. The van der Waals surface area contributed by atoms with Gasteiger partial charge in [0.1, 0.15) is 6.29 Å². The van der Waals surface area contributed by atoms with Crippen molar-refractivity contribution in [2.24, 2.45) is 0 Å². The van der Waals surface area contributed by atoms with Gasteiger partial charge in [0.2, 0.25) is 0 Å². The molecular weight excluding hydrogens is 212 g/mol. The minimum absolute atomic E-state index is 0.334. The van der Waals surface area contributed by atoms with Crippen LogP contribution in [0, 0.1) is 0 Å². The summed E-state index contributed by atoms with van der Waals surface area (Å²) in [6, 6.07) is 0. The van der Waals surface area contributed by atoms with Gasteiger partial charge < -0.3 is 14.2 Å². The fourth-order valence-corrected chi connectivity index (χ4v) is 2.17. The smallest absolute Gasteiger partial charge is 0.334 e. The summed E-state index contributed by atoms with van der Waals surface area (Å²) in [4.78, 5) is 22.4. The van der Waals surface area contributed by atoms with Gasteiger partial charge in [-0.3, -0.25) is 4.79 Å². The molecule has 1 fully saturated rings. The number of carbonyl (C=O) groups excluding carboxylic acids is 2. The van der Waals surface area contributed by atoms with Gasteiger partial charge in [0.15, 0.2) is 5.79 Å². The van der Waals surface area contributed by atoms with Crippen LogP contribution in [0.5, 0.6) is 0 Å². The minimum atomic E-state index is -0.687. The highest BCUT2D eigenvalue weighted by atomic mass is 16.7. The first-order valence-electron chi connectivity index (χ1n) is 5.24. The molecule has 1 heterocycles. The van der Waals surface area contributed by atoms with E-state index in [1.54, 1.807) is 0 Å². The standard InChI is InChI=1S/C11H14O5/c1-14-10(13)9-2-3-11(6-8(9)7-12)15-4-5-16-11/h7H,2-6H2,1H3. The van der Waals surface area contributed by atoms with Crippen LogP contribution < -0.4 is 0 Å². The van der Waals surface area contributed by atoms with Crippen molar-refractivity contribution >= 4 is 12.3 Å². The Morgan fingerprint density at radius 1 is 1.44 bits per heavy atom. The largest absolute Gasteiger partial charge is 0.466 e. The van der Waals surface area contributed by atoms with Gasteiger partial charge in [-0.25, -0.2) is 4.79 Å². The van der Waals surface area contributed by atoms with Crippen LogP contribution in [0.2, 0.25) is 0 Å². The fraction of sp³-hybridized carbons (Fsp3) is 0.636. The summed E-state index contributed by atoms with van der Waals surface area (Å²) in [7, 11) is 1.31. The average molecular weight is 226 g/mol. The number of rotatable bonds is 2. The molecular formula is C11H14O5. The molecule has 88 valence electrons. The zero-order valence-corrected chi connectivity index (χ0v) is 9.15. The van der Waals surface area contributed by atoms with Crippen molar-refractivity contribution in [2.75, 3.05) is 20.3 Å². The quantitative estimate of drug-likeness (QED) is 0.509. The second kappa shape index (κ2) is 4.35. The molecule has 0 amide bonds. The Morgan fingerprint density at radius 2 is 2.12 bits per heavy atom. The lowest BCUT2D eigenvalue weighted by Gasteiger charge is -2.32. The Hall–Kier alpha value is -1.20. The molecule has 0 N–H and O–H groups in total. The fourth-order valence-electron chi connectivity index (χ4n) is 2.17. The minimum Gasteiger partial charge on any atom is -0.466 e. The van der Waals surface area contributed by atoms with E-state index < -0.39 is 11.8 Å². The molecule has 0 aromatic rings.